The fourth-order valence-corrected chi connectivity index (χ4v) is 8.17. The highest BCUT2D eigenvalue weighted by atomic mass is 16.6. The summed E-state index contributed by atoms with van der Waals surface area (Å²) < 4.78 is 12.3. The summed E-state index contributed by atoms with van der Waals surface area (Å²) >= 11 is 0. The van der Waals surface area contributed by atoms with Gasteiger partial charge in [-0.05, 0) is 101 Å². The molecule has 1 heterocycles. The summed E-state index contributed by atoms with van der Waals surface area (Å²) in [7, 11) is 4.24. The highest BCUT2D eigenvalue weighted by Crippen LogP contribution is 2.68. The van der Waals surface area contributed by atoms with Crippen LogP contribution in [0.25, 0.3) is 0 Å². The highest BCUT2D eigenvalue weighted by molar-refractivity contribution is 5.72. The molecule has 0 radical (unpaired) electrons. The van der Waals surface area contributed by atoms with Crippen molar-refractivity contribution in [1.29, 1.82) is 0 Å². The van der Waals surface area contributed by atoms with Crippen LogP contribution in [0.15, 0.2) is 23.8 Å². The lowest BCUT2D eigenvalue weighted by atomic mass is 9.48. The lowest BCUT2D eigenvalue weighted by Crippen LogP contribution is -2.53. The molecular weight excluding hydrogens is 386 g/mol. The molecule has 4 heteroatoms. The molecule has 0 bridgehead atoms. The van der Waals surface area contributed by atoms with Crippen LogP contribution in [0.2, 0.25) is 0 Å². The first-order valence-electron chi connectivity index (χ1n) is 12.7. The zero-order chi connectivity index (χ0) is 21.9. The molecule has 7 atom stereocenters. The van der Waals surface area contributed by atoms with E-state index in [0.29, 0.717) is 24.2 Å². The molecule has 172 valence electrons. The van der Waals surface area contributed by atoms with Crippen LogP contribution in [0, 0.1) is 28.6 Å². The molecule has 5 aliphatic rings. The summed E-state index contributed by atoms with van der Waals surface area (Å²) in [5.41, 5.74) is 1.76. The number of rotatable bonds is 5. The summed E-state index contributed by atoms with van der Waals surface area (Å²) in [5, 5.41) is 0. The van der Waals surface area contributed by atoms with Gasteiger partial charge >= 0.3 is 5.97 Å². The van der Waals surface area contributed by atoms with E-state index in [1.54, 1.807) is 0 Å². The lowest BCUT2D eigenvalue weighted by molar-refractivity contribution is -0.165. The quantitative estimate of drug-likeness (QED) is 0.450. The Balaban J connectivity index is 1.33. The molecule has 0 aromatic carbocycles. The minimum atomic E-state index is -0.178. The zero-order valence-electron chi connectivity index (χ0n) is 20.0. The minimum absolute atomic E-state index is 0.0317. The van der Waals surface area contributed by atoms with Crippen molar-refractivity contribution in [2.24, 2.45) is 28.6 Å². The van der Waals surface area contributed by atoms with Gasteiger partial charge in [-0.15, -0.1) is 0 Å². The number of hydrogen-bond acceptors (Lipinski definition) is 4. The van der Waals surface area contributed by atoms with Crippen LogP contribution >= 0.6 is 0 Å². The van der Waals surface area contributed by atoms with Crippen LogP contribution < -0.4 is 0 Å². The maximum atomic E-state index is 12.0. The first-order chi connectivity index (χ1) is 14.8. The molecule has 5 rings (SSSR count). The summed E-state index contributed by atoms with van der Waals surface area (Å²) in [6, 6.07) is 0. The number of ether oxygens (including phenoxy) is 2. The Hall–Kier alpha value is -1.13. The monoisotopic (exact) mass is 427 g/mol. The van der Waals surface area contributed by atoms with E-state index >= 15 is 0 Å². The second-order valence-corrected chi connectivity index (χ2v) is 11.8. The molecule has 2 saturated carbocycles. The maximum Gasteiger partial charge on any atom is 0.306 e. The van der Waals surface area contributed by atoms with Crippen LogP contribution in [0.3, 0.4) is 0 Å². The van der Waals surface area contributed by atoms with E-state index in [1.165, 1.54) is 31.3 Å². The first kappa shape index (κ1) is 21.7. The van der Waals surface area contributed by atoms with Crippen LogP contribution in [-0.2, 0) is 14.3 Å². The fraction of sp³-hybridized carbons (Fsp3) is 0.815. The van der Waals surface area contributed by atoms with Gasteiger partial charge in [0.2, 0.25) is 0 Å². The molecule has 1 aliphatic heterocycles. The number of allylic oxidation sites excluding steroid dienone is 3. The topological polar surface area (TPSA) is 38.8 Å². The first-order valence-corrected chi connectivity index (χ1v) is 12.7. The number of carbonyl (C=O) groups excluding carboxylic acids is 1. The average molecular weight is 428 g/mol. The molecule has 4 aliphatic carbocycles. The van der Waals surface area contributed by atoms with E-state index in [9.17, 15) is 4.79 Å². The second kappa shape index (κ2) is 7.73. The number of fused-ring (bicyclic) bond motifs is 6. The largest absolute Gasteiger partial charge is 0.458 e. The van der Waals surface area contributed by atoms with Gasteiger partial charge < -0.3 is 14.4 Å². The Bertz CT molecular complexity index is 787. The Kier molecular flexibility index (Phi) is 5.41. The van der Waals surface area contributed by atoms with Crippen molar-refractivity contribution >= 4 is 5.97 Å². The van der Waals surface area contributed by atoms with Gasteiger partial charge in [0.05, 0.1) is 6.10 Å². The maximum absolute atomic E-state index is 12.0. The van der Waals surface area contributed by atoms with Crippen molar-refractivity contribution < 1.29 is 14.3 Å². The molecule has 0 aromatic heterocycles. The number of esters is 1. The van der Waals surface area contributed by atoms with E-state index in [-0.39, 0.29) is 28.5 Å². The average Bonchev–Trinajstić information content (AvgIpc) is 3.25. The predicted octanol–water partition coefficient (Wildman–Crippen LogP) is 5.14. The van der Waals surface area contributed by atoms with Crippen molar-refractivity contribution in [2.75, 3.05) is 27.2 Å². The number of nitrogens with zero attached hydrogens (tertiary/aromatic N) is 1. The molecule has 0 amide bonds. The van der Waals surface area contributed by atoms with Gasteiger partial charge in [-0.3, -0.25) is 4.79 Å². The molecule has 1 saturated heterocycles. The van der Waals surface area contributed by atoms with Crippen molar-refractivity contribution in [1.82, 2.24) is 4.90 Å². The highest BCUT2D eigenvalue weighted by Gasteiger charge is 2.66. The van der Waals surface area contributed by atoms with E-state index in [4.69, 9.17) is 9.47 Å². The third-order valence-corrected chi connectivity index (χ3v) is 10.0. The zero-order valence-corrected chi connectivity index (χ0v) is 20.0. The van der Waals surface area contributed by atoms with E-state index in [2.05, 4.69) is 51.1 Å². The number of carbonyl (C=O) groups is 1. The molecule has 3 fully saturated rings. The molecule has 4 nitrogen and oxygen atoms in total. The van der Waals surface area contributed by atoms with Crippen LogP contribution in [-0.4, -0.2) is 49.8 Å². The smallest absolute Gasteiger partial charge is 0.306 e. The Labute approximate surface area is 188 Å². The van der Waals surface area contributed by atoms with Crippen LogP contribution in [0.4, 0.5) is 0 Å². The van der Waals surface area contributed by atoms with Gasteiger partial charge in [0, 0.05) is 18.4 Å². The van der Waals surface area contributed by atoms with Gasteiger partial charge in [0.1, 0.15) is 5.60 Å². The normalized spacial score (nSPS) is 46.0. The summed E-state index contributed by atoms with van der Waals surface area (Å²) in [4.78, 5) is 14.3. The van der Waals surface area contributed by atoms with Crippen molar-refractivity contribution in [3.8, 4) is 0 Å². The third kappa shape index (κ3) is 3.35. The summed E-state index contributed by atoms with van der Waals surface area (Å²) in [6.07, 6.45) is 17.4. The molecule has 31 heavy (non-hydrogen) atoms. The second-order valence-electron chi connectivity index (χ2n) is 11.8. The van der Waals surface area contributed by atoms with Crippen molar-refractivity contribution in [2.45, 2.75) is 83.3 Å². The lowest BCUT2D eigenvalue weighted by Gasteiger charge is -2.57. The SMILES string of the molecule is CN(C)CCCOC1C=C2C=CC3C(CCC4(C)C3CCC43CCC(=O)O3)C2(C)CC1. The van der Waals surface area contributed by atoms with Crippen molar-refractivity contribution in [3.63, 3.8) is 0 Å². The molecular formula is C27H41NO3. The van der Waals surface area contributed by atoms with Gasteiger partial charge in [-0.1, -0.05) is 32.1 Å². The van der Waals surface area contributed by atoms with Crippen LogP contribution in [0.1, 0.15) is 71.6 Å². The standard InChI is InChI=1S/C27H41NO3/c1-25-12-8-20(30-17-5-16-28(3)4)18-19(25)6-7-21-22(25)9-13-26(2)23(21)10-14-27(26)15-11-24(29)31-27/h6-7,18,20-23H,5,8-17H2,1-4H3. The Morgan fingerprint density at radius 3 is 2.65 bits per heavy atom. The van der Waals surface area contributed by atoms with Gasteiger partial charge in [0.25, 0.3) is 0 Å². The number of hydrogen-bond donors (Lipinski definition) is 0. The molecule has 0 aromatic rings. The van der Waals surface area contributed by atoms with Crippen LogP contribution in [0.5, 0.6) is 0 Å². The predicted molar refractivity (Wildman–Crippen MR) is 123 cm³/mol. The van der Waals surface area contributed by atoms with E-state index < -0.39 is 0 Å². The van der Waals surface area contributed by atoms with Gasteiger partial charge in [0.15, 0.2) is 0 Å². The Morgan fingerprint density at radius 2 is 1.90 bits per heavy atom. The minimum Gasteiger partial charge on any atom is -0.458 e. The Morgan fingerprint density at radius 1 is 1.10 bits per heavy atom. The molecule has 1 spiro atoms. The molecule has 0 N–H and O–H groups in total. The van der Waals surface area contributed by atoms with Gasteiger partial charge in [-0.25, -0.2) is 0 Å². The summed E-state index contributed by atoms with van der Waals surface area (Å²) in [6.45, 7) is 6.90. The van der Waals surface area contributed by atoms with E-state index in [1.807, 2.05) is 0 Å². The van der Waals surface area contributed by atoms with Gasteiger partial charge in [-0.2, -0.15) is 0 Å². The third-order valence-electron chi connectivity index (χ3n) is 10.0. The van der Waals surface area contributed by atoms with E-state index in [0.717, 1.165) is 38.8 Å². The van der Waals surface area contributed by atoms with Crippen molar-refractivity contribution in [3.05, 3.63) is 23.8 Å². The fourth-order valence-electron chi connectivity index (χ4n) is 8.17. The molecule has 7 unspecified atom stereocenters. The summed E-state index contributed by atoms with van der Waals surface area (Å²) in [5.74, 6) is 2.01.